The molecule has 0 spiro atoms. The maximum absolute atomic E-state index is 5.92. The fraction of sp³-hybridized carbons (Fsp3) is 0.538. The smallest absolute Gasteiger partial charge is 0.379 e. The standard InChI is InChI=1S/C13H23NO2Si/c1-4-12-17(15-5-2,16-6-3)14-13-10-8-7-9-11-13/h7-11,14H,4-6,12H2,1-3H3. The van der Waals surface area contributed by atoms with Crippen molar-refractivity contribution in [2.24, 2.45) is 0 Å². The van der Waals surface area contributed by atoms with Crippen LogP contribution in [0, 0.1) is 0 Å². The van der Waals surface area contributed by atoms with Crippen LogP contribution in [0.4, 0.5) is 5.69 Å². The van der Waals surface area contributed by atoms with E-state index in [0.29, 0.717) is 13.2 Å². The van der Waals surface area contributed by atoms with E-state index < -0.39 is 8.72 Å². The third kappa shape index (κ3) is 4.50. The number of anilines is 1. The Morgan fingerprint density at radius 2 is 1.59 bits per heavy atom. The molecular formula is C13H23NO2Si. The van der Waals surface area contributed by atoms with Gasteiger partial charge in [-0.3, -0.25) is 0 Å². The molecular weight excluding hydrogens is 230 g/mol. The average Bonchev–Trinajstić information content (AvgIpc) is 2.31. The van der Waals surface area contributed by atoms with Gasteiger partial charge in [-0.15, -0.1) is 0 Å². The van der Waals surface area contributed by atoms with E-state index in [9.17, 15) is 0 Å². The quantitative estimate of drug-likeness (QED) is 0.719. The van der Waals surface area contributed by atoms with Gasteiger partial charge in [0.25, 0.3) is 0 Å². The van der Waals surface area contributed by atoms with Crippen LogP contribution in [-0.4, -0.2) is 21.9 Å². The van der Waals surface area contributed by atoms with Gasteiger partial charge in [-0.1, -0.05) is 31.5 Å². The van der Waals surface area contributed by atoms with Crippen molar-refractivity contribution in [1.82, 2.24) is 0 Å². The van der Waals surface area contributed by atoms with Gasteiger partial charge in [-0.05, 0) is 26.0 Å². The van der Waals surface area contributed by atoms with Crippen molar-refractivity contribution >= 4 is 14.4 Å². The second-order valence-electron chi connectivity index (χ2n) is 3.86. The second-order valence-corrected chi connectivity index (χ2v) is 6.69. The van der Waals surface area contributed by atoms with Crippen LogP contribution in [0.3, 0.4) is 0 Å². The molecule has 0 unspecified atom stereocenters. The molecule has 96 valence electrons. The molecule has 0 aliphatic rings. The van der Waals surface area contributed by atoms with Crippen LogP contribution in [-0.2, 0) is 8.85 Å². The number of hydrogen-bond donors (Lipinski definition) is 1. The molecule has 4 heteroatoms. The third-order valence-corrected chi connectivity index (χ3v) is 5.78. The zero-order chi connectivity index (χ0) is 12.6. The van der Waals surface area contributed by atoms with Gasteiger partial charge >= 0.3 is 8.72 Å². The minimum absolute atomic E-state index is 0.687. The molecule has 0 bridgehead atoms. The molecule has 0 aromatic heterocycles. The molecule has 3 nitrogen and oxygen atoms in total. The Morgan fingerprint density at radius 3 is 2.06 bits per heavy atom. The summed E-state index contributed by atoms with van der Waals surface area (Å²) < 4.78 is 11.8. The Kier molecular flexibility index (Phi) is 6.25. The second kappa shape index (κ2) is 7.48. The number of nitrogens with one attached hydrogen (secondary N) is 1. The Hall–Kier alpha value is -0.843. The van der Waals surface area contributed by atoms with E-state index in [0.717, 1.165) is 18.2 Å². The predicted molar refractivity (Wildman–Crippen MR) is 74.2 cm³/mol. The van der Waals surface area contributed by atoms with Gasteiger partial charge < -0.3 is 13.8 Å². The Labute approximate surface area is 105 Å². The predicted octanol–water partition coefficient (Wildman–Crippen LogP) is 3.52. The van der Waals surface area contributed by atoms with Gasteiger partial charge in [0.15, 0.2) is 0 Å². The molecule has 0 saturated heterocycles. The molecule has 0 radical (unpaired) electrons. The summed E-state index contributed by atoms with van der Waals surface area (Å²) in [5.41, 5.74) is 1.08. The average molecular weight is 253 g/mol. The maximum atomic E-state index is 5.92. The van der Waals surface area contributed by atoms with E-state index in [2.05, 4.69) is 24.0 Å². The summed E-state index contributed by atoms with van der Waals surface area (Å²) in [6, 6.07) is 11.1. The van der Waals surface area contributed by atoms with Crippen LogP contribution in [0.15, 0.2) is 30.3 Å². The highest BCUT2D eigenvalue weighted by atomic mass is 28.4. The molecule has 0 saturated carbocycles. The molecule has 0 aliphatic carbocycles. The normalized spacial score (nSPS) is 11.5. The van der Waals surface area contributed by atoms with Crippen molar-refractivity contribution in [1.29, 1.82) is 0 Å². The van der Waals surface area contributed by atoms with Crippen LogP contribution in [0.1, 0.15) is 27.2 Å². The van der Waals surface area contributed by atoms with Gasteiger partial charge in [0.1, 0.15) is 0 Å². The maximum Gasteiger partial charge on any atom is 0.456 e. The van der Waals surface area contributed by atoms with Crippen LogP contribution in [0.5, 0.6) is 0 Å². The molecule has 0 atom stereocenters. The molecule has 0 heterocycles. The van der Waals surface area contributed by atoms with Crippen LogP contribution >= 0.6 is 0 Å². The molecule has 17 heavy (non-hydrogen) atoms. The molecule has 0 fully saturated rings. The first-order valence-electron chi connectivity index (χ1n) is 6.37. The number of benzene rings is 1. The summed E-state index contributed by atoms with van der Waals surface area (Å²) in [5, 5.41) is 0. The van der Waals surface area contributed by atoms with Crippen molar-refractivity contribution in [3.05, 3.63) is 30.3 Å². The Morgan fingerprint density at radius 1 is 1.00 bits per heavy atom. The minimum Gasteiger partial charge on any atom is -0.379 e. The largest absolute Gasteiger partial charge is 0.456 e. The van der Waals surface area contributed by atoms with Crippen LogP contribution in [0.25, 0.3) is 0 Å². The number of rotatable bonds is 8. The van der Waals surface area contributed by atoms with Crippen molar-refractivity contribution in [2.45, 2.75) is 33.2 Å². The summed E-state index contributed by atoms with van der Waals surface area (Å²) in [4.78, 5) is 3.49. The van der Waals surface area contributed by atoms with E-state index in [1.54, 1.807) is 0 Å². The van der Waals surface area contributed by atoms with Crippen molar-refractivity contribution in [3.8, 4) is 0 Å². The molecule has 1 aromatic carbocycles. The lowest BCUT2D eigenvalue weighted by molar-refractivity contribution is 0.189. The van der Waals surface area contributed by atoms with Crippen molar-refractivity contribution in [3.63, 3.8) is 0 Å². The fourth-order valence-electron chi connectivity index (χ4n) is 1.86. The fourth-order valence-corrected chi connectivity index (χ4v) is 4.70. The van der Waals surface area contributed by atoms with E-state index >= 15 is 0 Å². The van der Waals surface area contributed by atoms with Crippen LogP contribution < -0.4 is 4.98 Å². The highest BCUT2D eigenvalue weighted by molar-refractivity contribution is 6.70. The van der Waals surface area contributed by atoms with Gasteiger partial charge in [-0.25, -0.2) is 0 Å². The number of para-hydroxylation sites is 1. The zero-order valence-corrected chi connectivity index (χ0v) is 12.0. The lowest BCUT2D eigenvalue weighted by Crippen LogP contribution is -2.50. The lowest BCUT2D eigenvalue weighted by atomic mass is 10.3. The van der Waals surface area contributed by atoms with Crippen LogP contribution in [0.2, 0.25) is 6.04 Å². The summed E-state index contributed by atoms with van der Waals surface area (Å²) in [7, 11) is -2.29. The SMILES string of the molecule is CCC[Si](Nc1ccccc1)(OCC)OCC. The van der Waals surface area contributed by atoms with E-state index in [1.807, 2.05) is 32.0 Å². The summed E-state index contributed by atoms with van der Waals surface area (Å²) in [6.45, 7) is 7.57. The Bertz CT molecular complexity index is 289. The van der Waals surface area contributed by atoms with E-state index in [-0.39, 0.29) is 0 Å². The first-order valence-corrected chi connectivity index (χ1v) is 8.39. The summed E-state index contributed by atoms with van der Waals surface area (Å²) in [5.74, 6) is 0. The molecule has 1 aromatic rings. The van der Waals surface area contributed by atoms with Gasteiger partial charge in [-0.2, -0.15) is 0 Å². The third-order valence-electron chi connectivity index (χ3n) is 2.44. The van der Waals surface area contributed by atoms with E-state index in [1.165, 1.54) is 0 Å². The van der Waals surface area contributed by atoms with Gasteiger partial charge in [0, 0.05) is 24.9 Å². The molecule has 1 N–H and O–H groups in total. The highest BCUT2D eigenvalue weighted by Gasteiger charge is 2.37. The molecule has 0 aliphatic heterocycles. The van der Waals surface area contributed by atoms with Gasteiger partial charge in [0.05, 0.1) is 0 Å². The van der Waals surface area contributed by atoms with Gasteiger partial charge in [0.2, 0.25) is 0 Å². The topological polar surface area (TPSA) is 30.5 Å². The first kappa shape index (κ1) is 14.2. The Balaban J connectivity index is 2.80. The van der Waals surface area contributed by atoms with E-state index in [4.69, 9.17) is 8.85 Å². The summed E-state index contributed by atoms with van der Waals surface area (Å²) in [6.07, 6.45) is 1.06. The first-order chi connectivity index (χ1) is 8.26. The summed E-state index contributed by atoms with van der Waals surface area (Å²) >= 11 is 0. The number of hydrogen-bond acceptors (Lipinski definition) is 3. The molecule has 0 amide bonds. The molecule has 1 rings (SSSR count). The minimum atomic E-state index is -2.29. The zero-order valence-electron chi connectivity index (χ0n) is 11.0. The lowest BCUT2D eigenvalue weighted by Gasteiger charge is -2.30. The monoisotopic (exact) mass is 253 g/mol. The highest BCUT2D eigenvalue weighted by Crippen LogP contribution is 2.19. The van der Waals surface area contributed by atoms with Crippen molar-refractivity contribution < 1.29 is 8.85 Å². The van der Waals surface area contributed by atoms with Crippen molar-refractivity contribution in [2.75, 3.05) is 18.2 Å².